The number of hydrogen-bond donors (Lipinski definition) is 1. The van der Waals surface area contributed by atoms with Gasteiger partial charge in [-0.05, 0) is 15.8 Å². The van der Waals surface area contributed by atoms with E-state index in [-0.39, 0.29) is 17.9 Å². The van der Waals surface area contributed by atoms with Gasteiger partial charge >= 0.3 is 5.97 Å². The molecule has 2 rings (SSSR count). The van der Waals surface area contributed by atoms with E-state index in [9.17, 15) is 4.79 Å². The quantitative estimate of drug-likeness (QED) is 0.912. The van der Waals surface area contributed by atoms with E-state index >= 15 is 0 Å². The van der Waals surface area contributed by atoms with Crippen molar-refractivity contribution in [2.24, 2.45) is 5.41 Å². The van der Waals surface area contributed by atoms with Gasteiger partial charge in [0.1, 0.15) is 5.75 Å². The van der Waals surface area contributed by atoms with Crippen LogP contribution in [0.15, 0.2) is 11.4 Å². The van der Waals surface area contributed by atoms with Crippen LogP contribution < -0.4 is 4.74 Å². The van der Waals surface area contributed by atoms with Crippen LogP contribution in [-0.4, -0.2) is 38.4 Å². The minimum absolute atomic E-state index is 0.0376. The molecule has 1 unspecified atom stereocenters. The number of tetrazole rings is 1. The van der Waals surface area contributed by atoms with Gasteiger partial charge in [0.15, 0.2) is 5.82 Å². The molecule has 2 aromatic rings. The Kier molecular flexibility index (Phi) is 4.26. The smallest absolute Gasteiger partial charge is 0.305 e. The van der Waals surface area contributed by atoms with Crippen LogP contribution in [0.1, 0.15) is 33.2 Å². The second-order valence-electron chi connectivity index (χ2n) is 5.78. The maximum absolute atomic E-state index is 11.2. The highest BCUT2D eigenvalue weighted by Crippen LogP contribution is 2.37. The van der Waals surface area contributed by atoms with Gasteiger partial charge in [0, 0.05) is 11.4 Å². The van der Waals surface area contributed by atoms with E-state index in [0.29, 0.717) is 5.82 Å². The van der Waals surface area contributed by atoms with Crippen LogP contribution in [-0.2, 0) is 4.79 Å². The second-order valence-corrected chi connectivity index (χ2v) is 6.69. The number of aromatic nitrogens is 4. The molecule has 0 aromatic carbocycles. The van der Waals surface area contributed by atoms with Crippen molar-refractivity contribution in [1.29, 1.82) is 0 Å². The van der Waals surface area contributed by atoms with Crippen molar-refractivity contribution in [2.45, 2.75) is 33.2 Å². The lowest BCUT2D eigenvalue weighted by molar-refractivity contribution is -0.138. The molecular weight excluding hydrogens is 292 g/mol. The van der Waals surface area contributed by atoms with Gasteiger partial charge in [-0.25, -0.2) is 4.68 Å². The van der Waals surface area contributed by atoms with Gasteiger partial charge in [-0.3, -0.25) is 4.79 Å². The minimum Gasteiger partial charge on any atom is -0.496 e. The highest BCUT2D eigenvalue weighted by Gasteiger charge is 2.32. The molecule has 0 aliphatic carbocycles. The zero-order chi connectivity index (χ0) is 15.6. The van der Waals surface area contributed by atoms with E-state index in [4.69, 9.17) is 9.84 Å². The number of thiophene rings is 1. The Morgan fingerprint density at radius 3 is 2.76 bits per heavy atom. The zero-order valence-corrected chi connectivity index (χ0v) is 13.2. The van der Waals surface area contributed by atoms with Crippen LogP contribution in [0.2, 0.25) is 0 Å². The SMILES string of the molecule is COc1csc(-c2nnnn2C(CC(=O)O)C(C)(C)C)c1. The average molecular weight is 310 g/mol. The van der Waals surface area contributed by atoms with Gasteiger partial charge in [-0.15, -0.1) is 16.4 Å². The highest BCUT2D eigenvalue weighted by molar-refractivity contribution is 7.13. The summed E-state index contributed by atoms with van der Waals surface area (Å²) in [5.74, 6) is 0.416. The summed E-state index contributed by atoms with van der Waals surface area (Å²) in [5.41, 5.74) is -0.288. The van der Waals surface area contributed by atoms with Gasteiger partial charge in [0.2, 0.25) is 0 Å². The monoisotopic (exact) mass is 310 g/mol. The van der Waals surface area contributed by atoms with Crippen LogP contribution in [0.4, 0.5) is 0 Å². The normalized spacial score (nSPS) is 13.1. The maximum Gasteiger partial charge on any atom is 0.305 e. The summed E-state index contributed by atoms with van der Waals surface area (Å²) in [6.07, 6.45) is -0.0376. The van der Waals surface area contributed by atoms with Crippen LogP contribution in [0.25, 0.3) is 10.7 Å². The molecule has 8 heteroatoms. The Labute approximate surface area is 126 Å². The van der Waals surface area contributed by atoms with E-state index in [1.165, 1.54) is 11.3 Å². The van der Waals surface area contributed by atoms with Gasteiger partial charge in [-0.2, -0.15) is 0 Å². The third kappa shape index (κ3) is 3.38. The van der Waals surface area contributed by atoms with Crippen molar-refractivity contribution in [3.05, 3.63) is 11.4 Å². The van der Waals surface area contributed by atoms with E-state index in [1.54, 1.807) is 11.8 Å². The first kappa shape index (κ1) is 15.4. The Hall–Kier alpha value is -1.96. The third-order valence-corrected chi connectivity index (χ3v) is 4.09. The summed E-state index contributed by atoms with van der Waals surface area (Å²) in [6, 6.07) is 1.50. The molecule has 0 aliphatic rings. The van der Waals surface area contributed by atoms with Gasteiger partial charge in [-0.1, -0.05) is 20.8 Å². The first-order chi connectivity index (χ1) is 9.82. The summed E-state index contributed by atoms with van der Waals surface area (Å²) in [7, 11) is 1.59. The van der Waals surface area contributed by atoms with Crippen LogP contribution >= 0.6 is 11.3 Å². The maximum atomic E-state index is 11.2. The van der Waals surface area contributed by atoms with Crippen LogP contribution in [0.5, 0.6) is 5.75 Å². The lowest BCUT2D eigenvalue weighted by Crippen LogP contribution is -2.28. The second kappa shape index (κ2) is 5.80. The topological polar surface area (TPSA) is 90.1 Å². The summed E-state index contributed by atoms with van der Waals surface area (Å²) < 4.78 is 6.76. The van der Waals surface area contributed by atoms with Crippen molar-refractivity contribution in [2.75, 3.05) is 7.11 Å². The standard InChI is InChI=1S/C13H18N4O3S/c1-13(2,3)10(6-11(18)19)17-12(14-15-16-17)9-5-8(20-4)7-21-9/h5,7,10H,6H2,1-4H3,(H,18,19). The van der Waals surface area contributed by atoms with E-state index < -0.39 is 5.97 Å². The van der Waals surface area contributed by atoms with Gasteiger partial charge in [0.05, 0.1) is 24.4 Å². The Balaban J connectivity index is 2.43. The molecule has 0 aliphatic heterocycles. The van der Waals surface area contributed by atoms with E-state index in [2.05, 4.69) is 15.5 Å². The van der Waals surface area contributed by atoms with Crippen molar-refractivity contribution < 1.29 is 14.6 Å². The number of hydrogen-bond acceptors (Lipinski definition) is 6. The summed E-state index contributed by atoms with van der Waals surface area (Å²) in [6.45, 7) is 5.92. The fourth-order valence-corrected chi connectivity index (χ4v) is 2.87. The van der Waals surface area contributed by atoms with Crippen LogP contribution in [0.3, 0.4) is 0 Å². The molecule has 1 N–H and O–H groups in total. The Morgan fingerprint density at radius 1 is 1.52 bits per heavy atom. The van der Waals surface area contributed by atoms with E-state index in [1.807, 2.05) is 32.2 Å². The number of rotatable bonds is 5. The fourth-order valence-electron chi connectivity index (χ4n) is 2.03. The predicted molar refractivity (Wildman–Crippen MR) is 78.4 cm³/mol. The third-order valence-electron chi connectivity index (χ3n) is 3.19. The van der Waals surface area contributed by atoms with E-state index in [0.717, 1.165) is 10.6 Å². The fraction of sp³-hybridized carbons (Fsp3) is 0.538. The predicted octanol–water partition coefficient (Wildman–Crippen LogP) is 2.47. The molecule has 7 nitrogen and oxygen atoms in total. The van der Waals surface area contributed by atoms with Gasteiger partial charge < -0.3 is 9.84 Å². The molecule has 0 saturated carbocycles. The lowest BCUT2D eigenvalue weighted by Gasteiger charge is -2.29. The van der Waals surface area contributed by atoms with Crippen molar-refractivity contribution in [1.82, 2.24) is 20.2 Å². The first-order valence-electron chi connectivity index (χ1n) is 6.45. The molecule has 114 valence electrons. The summed E-state index contributed by atoms with van der Waals surface area (Å²) >= 11 is 1.46. The number of carbonyl (C=O) groups is 1. The minimum atomic E-state index is -0.875. The summed E-state index contributed by atoms with van der Waals surface area (Å²) in [5, 5.41) is 22.8. The first-order valence-corrected chi connectivity index (χ1v) is 7.33. The summed E-state index contributed by atoms with van der Waals surface area (Å²) in [4.78, 5) is 12.0. The number of carboxylic acid groups (broad SMARTS) is 1. The largest absolute Gasteiger partial charge is 0.496 e. The molecule has 21 heavy (non-hydrogen) atoms. The Morgan fingerprint density at radius 2 is 2.24 bits per heavy atom. The number of ether oxygens (including phenoxy) is 1. The molecule has 2 heterocycles. The molecule has 0 spiro atoms. The Bertz CT molecular complexity index is 629. The number of nitrogens with zero attached hydrogens (tertiary/aromatic N) is 4. The number of aliphatic carboxylic acids is 1. The molecule has 2 aromatic heterocycles. The van der Waals surface area contributed by atoms with Crippen molar-refractivity contribution >= 4 is 17.3 Å². The lowest BCUT2D eigenvalue weighted by atomic mass is 9.85. The molecule has 0 radical (unpaired) electrons. The number of methoxy groups -OCH3 is 1. The van der Waals surface area contributed by atoms with Crippen molar-refractivity contribution in [3.63, 3.8) is 0 Å². The van der Waals surface area contributed by atoms with Crippen molar-refractivity contribution in [3.8, 4) is 16.5 Å². The average Bonchev–Trinajstić information content (AvgIpc) is 3.02. The molecular formula is C13H18N4O3S. The molecule has 0 amide bonds. The van der Waals surface area contributed by atoms with Crippen LogP contribution in [0, 0.1) is 5.41 Å². The number of carboxylic acids is 1. The highest BCUT2D eigenvalue weighted by atomic mass is 32.1. The molecule has 0 fully saturated rings. The molecule has 1 atom stereocenters. The molecule has 0 saturated heterocycles. The van der Waals surface area contributed by atoms with Gasteiger partial charge in [0.25, 0.3) is 0 Å². The zero-order valence-electron chi connectivity index (χ0n) is 12.4. The molecule has 0 bridgehead atoms.